The van der Waals surface area contributed by atoms with E-state index in [2.05, 4.69) is 0 Å². The van der Waals surface area contributed by atoms with Crippen molar-refractivity contribution in [3.05, 3.63) is 34.9 Å². The number of halogens is 1. The summed E-state index contributed by atoms with van der Waals surface area (Å²) in [6, 6.07) is 6.73. The molecule has 0 radical (unpaired) electrons. The Bertz CT molecular complexity index is 263. The maximum absolute atomic E-state index is 10.2. The average molecular weight is 213 g/mol. The fraction of sp³-hybridized carbons (Fsp3) is 0.143. The van der Waals surface area contributed by atoms with E-state index in [1.54, 1.807) is 24.3 Å². The van der Waals surface area contributed by atoms with E-state index in [9.17, 15) is 8.76 Å². The van der Waals surface area contributed by atoms with Crippen LogP contribution in [0, 0.1) is 0 Å². The molecule has 0 saturated carbocycles. The topological polar surface area (TPSA) is 40.1 Å². The molecule has 0 N–H and O–H groups in total. The Morgan fingerprint density at radius 3 is 2.25 bits per heavy atom. The van der Waals surface area contributed by atoms with E-state index in [1.807, 2.05) is 0 Å². The summed E-state index contributed by atoms with van der Waals surface area (Å²) in [5.41, 5.74) is 0.753. The Hall–Kier alpha value is 0.620. The van der Waals surface area contributed by atoms with Gasteiger partial charge in [-0.25, -0.2) is 0 Å². The van der Waals surface area contributed by atoms with Gasteiger partial charge < -0.3 is 4.55 Å². The molecule has 0 aliphatic carbocycles. The van der Waals surface area contributed by atoms with Gasteiger partial charge in [0.1, 0.15) is 0 Å². The van der Waals surface area contributed by atoms with Crippen molar-refractivity contribution < 1.29 is 38.3 Å². The predicted octanol–water partition coefficient (Wildman–Crippen LogP) is -1.28. The number of hydrogen-bond donors (Lipinski definition) is 0. The summed E-state index contributed by atoms with van der Waals surface area (Å²) in [5, 5.41) is 0.616. The van der Waals surface area contributed by atoms with Crippen LogP contribution in [0.3, 0.4) is 0 Å². The molecule has 0 saturated heterocycles. The molecule has 0 aliphatic heterocycles. The molecule has 0 amide bonds. The molecule has 1 rings (SSSR count). The minimum Gasteiger partial charge on any atom is -0.772 e. The maximum atomic E-state index is 10.2. The average Bonchev–Trinajstić information content (AvgIpc) is 1.93. The van der Waals surface area contributed by atoms with Gasteiger partial charge >= 0.3 is 29.6 Å². The van der Waals surface area contributed by atoms with Gasteiger partial charge in [-0.2, -0.15) is 0 Å². The van der Waals surface area contributed by atoms with Crippen molar-refractivity contribution in [3.63, 3.8) is 0 Å². The monoisotopic (exact) mass is 212 g/mol. The van der Waals surface area contributed by atoms with Crippen LogP contribution >= 0.6 is 11.6 Å². The van der Waals surface area contributed by atoms with Crippen LogP contribution in [0.5, 0.6) is 0 Å². The van der Waals surface area contributed by atoms with Gasteiger partial charge in [0.2, 0.25) is 0 Å². The van der Waals surface area contributed by atoms with Crippen LogP contribution in [-0.2, 0) is 16.8 Å². The van der Waals surface area contributed by atoms with E-state index >= 15 is 0 Å². The standard InChI is InChI=1S/C7H7ClO2S.Na/c8-7-3-1-6(2-4-7)5-11(9)10;/h1-4H,5H2,(H,9,10);/q;+1/p-1. The molecule has 0 fully saturated rings. The van der Waals surface area contributed by atoms with Gasteiger partial charge in [0.15, 0.2) is 0 Å². The Balaban J connectivity index is 0.00000121. The van der Waals surface area contributed by atoms with Crippen LogP contribution in [0.15, 0.2) is 24.3 Å². The fourth-order valence-electron chi connectivity index (χ4n) is 0.717. The van der Waals surface area contributed by atoms with E-state index in [-0.39, 0.29) is 35.3 Å². The normalized spacial score (nSPS) is 11.8. The minimum absolute atomic E-state index is 0. The molecule has 0 bridgehead atoms. The number of rotatable bonds is 2. The zero-order valence-electron chi connectivity index (χ0n) is 6.62. The molecular formula is C7H6ClNaO2S. The van der Waals surface area contributed by atoms with Crippen LogP contribution in [0.25, 0.3) is 0 Å². The summed E-state index contributed by atoms with van der Waals surface area (Å²) in [6.45, 7) is 0. The fourth-order valence-corrected chi connectivity index (χ4v) is 1.31. The molecule has 1 atom stereocenters. The zero-order chi connectivity index (χ0) is 8.27. The maximum Gasteiger partial charge on any atom is 1.00 e. The molecule has 1 aromatic carbocycles. The zero-order valence-corrected chi connectivity index (χ0v) is 10.2. The predicted molar refractivity (Wildman–Crippen MR) is 44.1 cm³/mol. The minimum atomic E-state index is -2.02. The Labute approximate surface area is 101 Å². The van der Waals surface area contributed by atoms with Crippen molar-refractivity contribution in [1.29, 1.82) is 0 Å². The Kier molecular flexibility index (Phi) is 6.45. The van der Waals surface area contributed by atoms with E-state index in [1.165, 1.54) is 0 Å². The molecule has 2 nitrogen and oxygen atoms in total. The van der Waals surface area contributed by atoms with Crippen LogP contribution in [-0.4, -0.2) is 8.76 Å². The quantitative estimate of drug-likeness (QED) is 0.453. The summed E-state index contributed by atoms with van der Waals surface area (Å²) in [7, 11) is 0. The third kappa shape index (κ3) is 4.60. The molecule has 5 heteroatoms. The molecule has 0 heterocycles. The molecule has 1 aromatic rings. The Morgan fingerprint density at radius 1 is 1.33 bits per heavy atom. The third-order valence-electron chi connectivity index (χ3n) is 1.20. The summed E-state index contributed by atoms with van der Waals surface area (Å²) >= 11 is 3.58. The first kappa shape index (κ1) is 12.6. The molecular weight excluding hydrogens is 207 g/mol. The molecule has 0 spiro atoms. The second-order valence-corrected chi connectivity index (χ2v) is 3.41. The van der Waals surface area contributed by atoms with Gasteiger partial charge in [-0.15, -0.1) is 0 Å². The van der Waals surface area contributed by atoms with Gasteiger partial charge in [-0.05, 0) is 17.7 Å². The number of benzene rings is 1. The first-order valence-electron chi connectivity index (χ1n) is 2.99. The first-order valence-corrected chi connectivity index (χ1v) is 4.61. The summed E-state index contributed by atoms with van der Waals surface area (Å²) in [5.74, 6) is 0.0527. The van der Waals surface area contributed by atoms with E-state index in [0.717, 1.165) is 5.56 Å². The first-order chi connectivity index (χ1) is 5.18. The summed E-state index contributed by atoms with van der Waals surface area (Å²) in [4.78, 5) is 0. The molecule has 12 heavy (non-hydrogen) atoms. The van der Waals surface area contributed by atoms with Crippen molar-refractivity contribution in [2.24, 2.45) is 0 Å². The van der Waals surface area contributed by atoms with Gasteiger partial charge in [0.25, 0.3) is 0 Å². The number of hydrogen-bond acceptors (Lipinski definition) is 2. The van der Waals surface area contributed by atoms with Gasteiger partial charge in [0.05, 0.1) is 0 Å². The van der Waals surface area contributed by atoms with Crippen molar-refractivity contribution >= 4 is 22.7 Å². The largest absolute Gasteiger partial charge is 1.00 e. The van der Waals surface area contributed by atoms with Gasteiger partial charge in [0, 0.05) is 10.8 Å². The molecule has 60 valence electrons. The van der Waals surface area contributed by atoms with Gasteiger partial charge in [-0.1, -0.05) is 34.8 Å². The molecule has 0 aliphatic rings. The summed E-state index contributed by atoms with van der Waals surface area (Å²) in [6.07, 6.45) is 0. The molecule has 1 unspecified atom stereocenters. The second kappa shape index (κ2) is 6.13. The van der Waals surface area contributed by atoms with Crippen molar-refractivity contribution in [2.45, 2.75) is 5.75 Å². The van der Waals surface area contributed by atoms with Crippen LogP contribution in [0.4, 0.5) is 0 Å². The van der Waals surface area contributed by atoms with E-state index in [0.29, 0.717) is 5.02 Å². The van der Waals surface area contributed by atoms with Gasteiger partial charge in [-0.3, -0.25) is 4.21 Å². The van der Waals surface area contributed by atoms with Crippen molar-refractivity contribution in [1.82, 2.24) is 0 Å². The summed E-state index contributed by atoms with van der Waals surface area (Å²) < 4.78 is 20.4. The molecule has 0 aromatic heterocycles. The smallest absolute Gasteiger partial charge is 0.772 e. The van der Waals surface area contributed by atoms with Crippen molar-refractivity contribution in [3.8, 4) is 0 Å². The van der Waals surface area contributed by atoms with E-state index in [4.69, 9.17) is 11.6 Å². The second-order valence-electron chi connectivity index (χ2n) is 2.07. The third-order valence-corrected chi connectivity index (χ3v) is 2.02. The van der Waals surface area contributed by atoms with Crippen LogP contribution < -0.4 is 29.6 Å². The SMILES string of the molecule is O=S([O-])Cc1ccc(Cl)cc1.[Na+]. The van der Waals surface area contributed by atoms with Crippen molar-refractivity contribution in [2.75, 3.05) is 0 Å². The van der Waals surface area contributed by atoms with E-state index < -0.39 is 11.1 Å². The van der Waals surface area contributed by atoms with Crippen LogP contribution in [0.2, 0.25) is 5.02 Å². The Morgan fingerprint density at radius 2 is 1.83 bits per heavy atom. The van der Waals surface area contributed by atoms with Crippen LogP contribution in [0.1, 0.15) is 5.56 Å².